The van der Waals surface area contributed by atoms with Crippen LogP contribution in [0.3, 0.4) is 0 Å². The van der Waals surface area contributed by atoms with Gasteiger partial charge in [-0.05, 0) is 45.0 Å². The van der Waals surface area contributed by atoms with Gasteiger partial charge in [-0.15, -0.1) is 5.26 Å². The fourth-order valence-corrected chi connectivity index (χ4v) is 2.32. The van der Waals surface area contributed by atoms with Crippen molar-refractivity contribution in [3.8, 4) is 6.19 Å². The lowest BCUT2D eigenvalue weighted by atomic mass is 10.0. The van der Waals surface area contributed by atoms with E-state index in [0.717, 1.165) is 0 Å². The molecule has 0 saturated carbocycles. The van der Waals surface area contributed by atoms with Gasteiger partial charge in [0.1, 0.15) is 5.54 Å². The fourth-order valence-electron chi connectivity index (χ4n) is 2.32. The third-order valence-corrected chi connectivity index (χ3v) is 3.79. The summed E-state index contributed by atoms with van der Waals surface area (Å²) in [6.07, 6.45) is 2.01. The number of nitrogens with zero attached hydrogens (tertiary/aromatic N) is 2. The molecule has 5 heteroatoms. The van der Waals surface area contributed by atoms with Crippen LogP contribution < -0.4 is 5.43 Å². The first-order valence-corrected chi connectivity index (χ1v) is 7.60. The molecule has 5 nitrogen and oxygen atoms in total. The highest BCUT2D eigenvalue weighted by molar-refractivity contribution is 5.96. The van der Waals surface area contributed by atoms with E-state index in [1.165, 1.54) is 0 Å². The van der Waals surface area contributed by atoms with E-state index in [9.17, 15) is 14.9 Å². The number of quaternary nitrogens is 1. The lowest BCUT2D eigenvalue weighted by molar-refractivity contribution is -0.868. The molecule has 2 rings (SSSR count). The van der Waals surface area contributed by atoms with Crippen LogP contribution in [0, 0.1) is 11.5 Å². The van der Waals surface area contributed by atoms with E-state index in [-0.39, 0.29) is 0 Å². The van der Waals surface area contributed by atoms with Crippen molar-refractivity contribution < 1.29 is 14.2 Å². The summed E-state index contributed by atoms with van der Waals surface area (Å²) < 4.78 is -0.843. The van der Waals surface area contributed by atoms with Crippen LogP contribution in [0.1, 0.15) is 41.5 Å². The Balaban J connectivity index is 2.47. The van der Waals surface area contributed by atoms with E-state index in [4.69, 9.17) is 0 Å². The van der Waals surface area contributed by atoms with Crippen LogP contribution >= 0.6 is 0 Å². The number of hydrogen-bond donors (Lipinski definition) is 1. The molecular formula is C19H20N3O2+. The lowest BCUT2D eigenvalue weighted by Gasteiger charge is -2.37. The Bertz CT molecular complexity index is 774. The van der Waals surface area contributed by atoms with Crippen LogP contribution in [0.4, 0.5) is 0 Å². The van der Waals surface area contributed by atoms with Crippen LogP contribution in [0.25, 0.3) is 0 Å². The van der Waals surface area contributed by atoms with Crippen molar-refractivity contribution in [2.75, 3.05) is 0 Å². The van der Waals surface area contributed by atoms with Gasteiger partial charge in [0.15, 0.2) is 0 Å². The molecule has 1 atom stereocenters. The Kier molecular flexibility index (Phi) is 4.82. The molecule has 2 amide bonds. The highest BCUT2D eigenvalue weighted by Crippen LogP contribution is 2.25. The van der Waals surface area contributed by atoms with E-state index < -0.39 is 21.9 Å². The number of benzene rings is 2. The largest absolute Gasteiger partial charge is 0.385 e. The van der Waals surface area contributed by atoms with E-state index in [1.807, 2.05) is 6.19 Å². The van der Waals surface area contributed by atoms with Gasteiger partial charge in [-0.3, -0.25) is 4.79 Å². The quantitative estimate of drug-likeness (QED) is 0.524. The van der Waals surface area contributed by atoms with Gasteiger partial charge < -0.3 is 0 Å². The van der Waals surface area contributed by atoms with Gasteiger partial charge in [-0.25, -0.2) is 4.79 Å². The van der Waals surface area contributed by atoms with Crippen molar-refractivity contribution in [2.45, 2.75) is 26.3 Å². The van der Waals surface area contributed by atoms with Crippen LogP contribution in [-0.4, -0.2) is 21.9 Å². The first-order chi connectivity index (χ1) is 11.3. The molecule has 122 valence electrons. The molecule has 0 aliphatic carbocycles. The van der Waals surface area contributed by atoms with E-state index >= 15 is 0 Å². The Morgan fingerprint density at radius 2 is 1.38 bits per heavy atom. The smallest absolute Gasteiger partial charge is 0.264 e. The van der Waals surface area contributed by atoms with Crippen molar-refractivity contribution in [3.05, 3.63) is 71.8 Å². The maximum atomic E-state index is 13.0. The summed E-state index contributed by atoms with van der Waals surface area (Å²) in [6.45, 7) is 5.22. The maximum absolute atomic E-state index is 13.0. The Labute approximate surface area is 141 Å². The second-order valence-corrected chi connectivity index (χ2v) is 6.42. The Hall–Kier alpha value is -2.97. The summed E-state index contributed by atoms with van der Waals surface area (Å²) in [6, 6.07) is 17.0. The molecule has 0 aliphatic rings. The Morgan fingerprint density at radius 3 is 1.79 bits per heavy atom. The van der Waals surface area contributed by atoms with Gasteiger partial charge in [0.25, 0.3) is 5.91 Å². The predicted octanol–water partition coefficient (Wildman–Crippen LogP) is 3.27. The molecule has 0 heterocycles. The zero-order valence-corrected chi connectivity index (χ0v) is 14.0. The minimum absolute atomic E-state index is 0.363. The molecule has 0 fully saturated rings. The minimum atomic E-state index is -0.855. The standard InChI is InChI=1S/C19H19N3O2/c1-19(2,3)22(14-20,18(24)16-12-8-5-9-13-16)21-17(23)15-10-6-4-7-11-15/h4-13H,1-3H3/p+1. The number of amides is 2. The monoisotopic (exact) mass is 322 g/mol. The molecule has 0 aliphatic heterocycles. The van der Waals surface area contributed by atoms with Gasteiger partial charge in [0.05, 0.1) is 5.56 Å². The number of carbonyl (C=O) groups is 2. The van der Waals surface area contributed by atoms with Crippen LogP contribution in [0.2, 0.25) is 0 Å². The zero-order valence-electron chi connectivity index (χ0n) is 14.0. The molecule has 1 N–H and O–H groups in total. The van der Waals surface area contributed by atoms with Crippen LogP contribution in [0.15, 0.2) is 60.7 Å². The number of nitrogens with one attached hydrogen (secondary N) is 1. The van der Waals surface area contributed by atoms with Crippen molar-refractivity contribution in [3.63, 3.8) is 0 Å². The lowest BCUT2D eigenvalue weighted by Crippen LogP contribution is -2.69. The first kappa shape index (κ1) is 17.4. The molecule has 2 aromatic carbocycles. The third kappa shape index (κ3) is 3.19. The second kappa shape index (κ2) is 6.65. The van der Waals surface area contributed by atoms with Gasteiger partial charge >= 0.3 is 12.1 Å². The topological polar surface area (TPSA) is 70.0 Å². The third-order valence-electron chi connectivity index (χ3n) is 3.79. The van der Waals surface area contributed by atoms with Gasteiger partial charge in [-0.1, -0.05) is 41.0 Å². The number of carbonyl (C=O) groups excluding carboxylic acids is 2. The van der Waals surface area contributed by atoms with Gasteiger partial charge in [-0.2, -0.15) is 5.43 Å². The summed E-state index contributed by atoms with van der Waals surface area (Å²) in [5.74, 6) is -0.953. The highest BCUT2D eigenvalue weighted by atomic mass is 16.2. The SMILES string of the molecule is CC(C)(C)[N+](C#N)(NC(=O)c1ccccc1)C(=O)c1ccccc1. The summed E-state index contributed by atoms with van der Waals surface area (Å²) >= 11 is 0. The number of nitriles is 1. The number of rotatable bonds is 2. The van der Waals surface area contributed by atoms with Crippen LogP contribution in [0.5, 0.6) is 0 Å². The molecule has 24 heavy (non-hydrogen) atoms. The van der Waals surface area contributed by atoms with E-state index in [2.05, 4.69) is 5.43 Å². The average molecular weight is 322 g/mol. The molecule has 1 unspecified atom stereocenters. The molecular weight excluding hydrogens is 302 g/mol. The van der Waals surface area contributed by atoms with E-state index in [1.54, 1.807) is 81.4 Å². The fraction of sp³-hybridized carbons (Fsp3) is 0.211. The number of hydrogen-bond acceptors (Lipinski definition) is 3. The summed E-state index contributed by atoms with van der Waals surface area (Å²) in [4.78, 5) is 25.6. The predicted molar refractivity (Wildman–Crippen MR) is 90.3 cm³/mol. The highest BCUT2D eigenvalue weighted by Gasteiger charge is 2.52. The molecule has 0 aromatic heterocycles. The van der Waals surface area contributed by atoms with Crippen molar-refractivity contribution >= 4 is 11.8 Å². The van der Waals surface area contributed by atoms with Gasteiger partial charge in [0.2, 0.25) is 0 Å². The van der Waals surface area contributed by atoms with Crippen molar-refractivity contribution in [2.24, 2.45) is 0 Å². The molecule has 0 spiro atoms. The van der Waals surface area contributed by atoms with Crippen molar-refractivity contribution in [1.82, 2.24) is 5.43 Å². The maximum Gasteiger partial charge on any atom is 0.385 e. The normalized spacial score (nSPS) is 13.4. The zero-order chi connectivity index (χ0) is 17.8. The van der Waals surface area contributed by atoms with Crippen LogP contribution in [-0.2, 0) is 0 Å². The first-order valence-electron chi connectivity index (χ1n) is 7.60. The molecule has 2 aromatic rings. The minimum Gasteiger partial charge on any atom is -0.264 e. The second-order valence-electron chi connectivity index (χ2n) is 6.42. The van der Waals surface area contributed by atoms with Gasteiger partial charge in [0, 0.05) is 5.56 Å². The van der Waals surface area contributed by atoms with E-state index in [0.29, 0.717) is 11.1 Å². The summed E-state index contributed by atoms with van der Waals surface area (Å²) in [7, 11) is 0. The summed E-state index contributed by atoms with van der Waals surface area (Å²) in [5.41, 5.74) is 2.52. The van der Waals surface area contributed by atoms with Crippen molar-refractivity contribution in [1.29, 1.82) is 5.26 Å². The molecule has 0 bridgehead atoms. The molecule has 0 radical (unpaired) electrons. The average Bonchev–Trinajstić information content (AvgIpc) is 2.59. The Morgan fingerprint density at radius 1 is 0.917 bits per heavy atom. The molecule has 0 saturated heterocycles. The summed E-state index contributed by atoms with van der Waals surface area (Å²) in [5, 5.41) is 9.83.